The van der Waals surface area contributed by atoms with Crippen LogP contribution in [0, 0.1) is 0 Å². The highest BCUT2D eigenvalue weighted by molar-refractivity contribution is 5.16. The highest BCUT2D eigenvalue weighted by atomic mass is 15.3. The molecule has 0 radical (unpaired) electrons. The summed E-state index contributed by atoms with van der Waals surface area (Å²) in [6.07, 6.45) is 2.52. The van der Waals surface area contributed by atoms with Gasteiger partial charge in [-0.1, -0.05) is 0 Å². The molecule has 3 heterocycles. The van der Waals surface area contributed by atoms with E-state index in [9.17, 15) is 0 Å². The molecule has 2 aliphatic heterocycles. The minimum Gasteiger partial charge on any atom is -0.309 e. The van der Waals surface area contributed by atoms with Crippen molar-refractivity contribution < 1.29 is 0 Å². The van der Waals surface area contributed by atoms with Crippen molar-refractivity contribution in [3.05, 3.63) is 17.5 Å². The average Bonchev–Trinajstić information content (AvgIpc) is 2.86. The van der Waals surface area contributed by atoms with E-state index >= 15 is 0 Å². The van der Waals surface area contributed by atoms with E-state index in [4.69, 9.17) is 0 Å². The molecule has 1 aromatic heterocycles. The molecule has 1 atom stereocenters. The Balaban J connectivity index is 1.87. The van der Waals surface area contributed by atoms with Gasteiger partial charge < -0.3 is 10.6 Å². The van der Waals surface area contributed by atoms with Crippen LogP contribution in [-0.4, -0.2) is 22.9 Å². The number of hydrogen-bond acceptors (Lipinski definition) is 3. The fourth-order valence-corrected chi connectivity index (χ4v) is 2.32. The van der Waals surface area contributed by atoms with Gasteiger partial charge in [0.2, 0.25) is 0 Å². The predicted molar refractivity (Wildman–Crippen MR) is 53.9 cm³/mol. The first-order valence-corrected chi connectivity index (χ1v) is 5.44. The summed E-state index contributed by atoms with van der Waals surface area (Å²) in [6, 6.07) is 2.75. The van der Waals surface area contributed by atoms with E-state index in [1.54, 1.807) is 0 Å². The van der Waals surface area contributed by atoms with Gasteiger partial charge in [-0.2, -0.15) is 5.10 Å². The van der Waals surface area contributed by atoms with Crippen LogP contribution in [0.15, 0.2) is 6.07 Å². The first-order chi connectivity index (χ1) is 6.93. The van der Waals surface area contributed by atoms with Gasteiger partial charge in [0.05, 0.1) is 24.0 Å². The van der Waals surface area contributed by atoms with Crippen LogP contribution in [0.3, 0.4) is 0 Å². The Morgan fingerprint density at radius 1 is 1.43 bits per heavy atom. The van der Waals surface area contributed by atoms with Gasteiger partial charge in [-0.25, -0.2) is 0 Å². The lowest BCUT2D eigenvalue weighted by Gasteiger charge is -2.13. The third-order valence-electron chi connectivity index (χ3n) is 3.11. The molecule has 0 amide bonds. The summed E-state index contributed by atoms with van der Waals surface area (Å²) in [5, 5.41) is 11.5. The predicted octanol–water partition coefficient (Wildman–Crippen LogP) is 0.411. The van der Waals surface area contributed by atoms with Gasteiger partial charge in [0.25, 0.3) is 0 Å². The van der Waals surface area contributed by atoms with Crippen LogP contribution < -0.4 is 10.6 Å². The van der Waals surface area contributed by atoms with Crippen molar-refractivity contribution in [2.75, 3.05) is 13.1 Å². The van der Waals surface area contributed by atoms with Gasteiger partial charge >= 0.3 is 0 Å². The maximum Gasteiger partial charge on any atom is 0.0797 e. The largest absolute Gasteiger partial charge is 0.309 e. The van der Waals surface area contributed by atoms with E-state index < -0.39 is 0 Å². The second-order valence-electron chi connectivity index (χ2n) is 4.11. The normalized spacial score (nSPS) is 26.4. The first-order valence-electron chi connectivity index (χ1n) is 5.44. The number of nitrogens with zero attached hydrogens (tertiary/aromatic N) is 2. The zero-order chi connectivity index (χ0) is 9.38. The SMILES string of the molecule is c1c(C2CCCN2)nn2c1CNCC2. The lowest BCUT2D eigenvalue weighted by molar-refractivity contribution is 0.468. The van der Waals surface area contributed by atoms with Gasteiger partial charge in [0.1, 0.15) is 0 Å². The molecule has 1 aromatic rings. The summed E-state index contributed by atoms with van der Waals surface area (Å²) in [7, 11) is 0. The molecule has 2 N–H and O–H groups in total. The van der Waals surface area contributed by atoms with Crippen LogP contribution in [0.2, 0.25) is 0 Å². The fourth-order valence-electron chi connectivity index (χ4n) is 2.32. The zero-order valence-corrected chi connectivity index (χ0v) is 8.29. The molecule has 1 fully saturated rings. The van der Waals surface area contributed by atoms with E-state index in [1.807, 2.05) is 0 Å². The minimum absolute atomic E-state index is 0.507. The Bertz CT molecular complexity index is 301. The van der Waals surface area contributed by atoms with Crippen molar-refractivity contribution in [2.24, 2.45) is 0 Å². The van der Waals surface area contributed by atoms with Crippen LogP contribution in [0.25, 0.3) is 0 Å². The molecule has 4 nitrogen and oxygen atoms in total. The van der Waals surface area contributed by atoms with Gasteiger partial charge in [-0.15, -0.1) is 0 Å². The molecule has 3 rings (SSSR count). The van der Waals surface area contributed by atoms with Crippen LogP contribution in [0.1, 0.15) is 30.3 Å². The maximum absolute atomic E-state index is 4.65. The van der Waals surface area contributed by atoms with E-state index in [0.717, 1.165) is 26.2 Å². The summed E-state index contributed by atoms with van der Waals surface area (Å²) in [5.74, 6) is 0. The molecule has 0 bridgehead atoms. The number of hydrogen-bond donors (Lipinski definition) is 2. The molecule has 0 aromatic carbocycles. The molecule has 2 aliphatic rings. The van der Waals surface area contributed by atoms with E-state index in [2.05, 4.69) is 26.5 Å². The molecule has 76 valence electrons. The molecule has 14 heavy (non-hydrogen) atoms. The van der Waals surface area contributed by atoms with E-state index in [-0.39, 0.29) is 0 Å². The summed E-state index contributed by atoms with van der Waals surface area (Å²) in [6.45, 7) is 4.18. The Morgan fingerprint density at radius 3 is 3.21 bits per heavy atom. The van der Waals surface area contributed by atoms with Crippen molar-refractivity contribution in [3.63, 3.8) is 0 Å². The lowest BCUT2D eigenvalue weighted by atomic mass is 10.1. The van der Waals surface area contributed by atoms with Crippen LogP contribution in [0.4, 0.5) is 0 Å². The third kappa shape index (κ3) is 1.35. The smallest absolute Gasteiger partial charge is 0.0797 e. The summed E-state index contributed by atoms with van der Waals surface area (Å²) in [4.78, 5) is 0. The van der Waals surface area contributed by atoms with E-state index in [0.29, 0.717) is 6.04 Å². The third-order valence-corrected chi connectivity index (χ3v) is 3.11. The highest BCUT2D eigenvalue weighted by Crippen LogP contribution is 2.23. The summed E-state index contributed by atoms with van der Waals surface area (Å²) < 4.78 is 2.14. The summed E-state index contributed by atoms with van der Waals surface area (Å²) in [5.41, 5.74) is 2.57. The molecule has 0 aliphatic carbocycles. The summed E-state index contributed by atoms with van der Waals surface area (Å²) >= 11 is 0. The van der Waals surface area contributed by atoms with Crippen molar-refractivity contribution >= 4 is 0 Å². The topological polar surface area (TPSA) is 41.9 Å². The van der Waals surface area contributed by atoms with Crippen LogP contribution in [-0.2, 0) is 13.1 Å². The monoisotopic (exact) mass is 192 g/mol. The van der Waals surface area contributed by atoms with Gasteiger partial charge in [0, 0.05) is 13.1 Å². The number of fused-ring (bicyclic) bond motifs is 1. The van der Waals surface area contributed by atoms with Crippen molar-refractivity contribution in [2.45, 2.75) is 32.0 Å². The molecular formula is C10H16N4. The van der Waals surface area contributed by atoms with Crippen LogP contribution in [0.5, 0.6) is 0 Å². The minimum atomic E-state index is 0.507. The zero-order valence-electron chi connectivity index (χ0n) is 8.29. The average molecular weight is 192 g/mol. The standard InChI is InChI=1S/C10H16N4/c1-2-9(12-3-1)10-6-8-7-11-4-5-14(8)13-10/h6,9,11-12H,1-5,7H2. The van der Waals surface area contributed by atoms with Gasteiger partial charge in [0.15, 0.2) is 0 Å². The quantitative estimate of drug-likeness (QED) is 0.677. The fraction of sp³-hybridized carbons (Fsp3) is 0.700. The first kappa shape index (κ1) is 8.44. The maximum atomic E-state index is 4.65. The number of nitrogens with one attached hydrogen (secondary N) is 2. The van der Waals surface area contributed by atoms with E-state index in [1.165, 1.54) is 24.2 Å². The Hall–Kier alpha value is -0.870. The molecule has 1 unspecified atom stereocenters. The second kappa shape index (κ2) is 3.37. The molecule has 4 heteroatoms. The molecular weight excluding hydrogens is 176 g/mol. The highest BCUT2D eigenvalue weighted by Gasteiger charge is 2.21. The number of rotatable bonds is 1. The molecule has 1 saturated heterocycles. The Morgan fingerprint density at radius 2 is 2.43 bits per heavy atom. The molecule has 0 saturated carbocycles. The van der Waals surface area contributed by atoms with Gasteiger partial charge in [-0.05, 0) is 25.5 Å². The van der Waals surface area contributed by atoms with Gasteiger partial charge in [-0.3, -0.25) is 4.68 Å². The van der Waals surface area contributed by atoms with Crippen molar-refractivity contribution in [3.8, 4) is 0 Å². The van der Waals surface area contributed by atoms with Crippen LogP contribution >= 0.6 is 0 Å². The van der Waals surface area contributed by atoms with Crippen molar-refractivity contribution in [1.29, 1.82) is 0 Å². The Kier molecular flexibility index (Phi) is 2.03. The van der Waals surface area contributed by atoms with Crippen molar-refractivity contribution in [1.82, 2.24) is 20.4 Å². The molecule has 0 spiro atoms. The number of aromatic nitrogens is 2. The second-order valence-corrected chi connectivity index (χ2v) is 4.11. The lowest BCUT2D eigenvalue weighted by Crippen LogP contribution is -2.28. The Labute approximate surface area is 83.7 Å².